The Kier molecular flexibility index (Phi) is 6.22. The number of anilines is 3. The lowest BCUT2D eigenvalue weighted by Gasteiger charge is -2.26. The van der Waals surface area contributed by atoms with Crippen LogP contribution in [0.3, 0.4) is 0 Å². The predicted molar refractivity (Wildman–Crippen MR) is 215 cm³/mol. The van der Waals surface area contributed by atoms with E-state index in [9.17, 15) is 0 Å². The number of fused-ring (bicyclic) bond motifs is 9. The Morgan fingerprint density at radius 2 is 1.00 bits per heavy atom. The van der Waals surface area contributed by atoms with Crippen molar-refractivity contribution in [2.24, 2.45) is 0 Å². The molecule has 0 aliphatic rings. The third-order valence-electron chi connectivity index (χ3n) is 10.4. The van der Waals surface area contributed by atoms with Crippen molar-refractivity contribution in [3.8, 4) is 16.8 Å². The van der Waals surface area contributed by atoms with Gasteiger partial charge in [0, 0.05) is 38.3 Å². The van der Waals surface area contributed by atoms with E-state index < -0.39 is 0 Å². The molecule has 11 aromatic rings. The van der Waals surface area contributed by atoms with Crippen LogP contribution in [-0.4, -0.2) is 4.57 Å². The number of para-hydroxylation sites is 4. The molecular weight excluding hydrogens is 637 g/mol. The lowest BCUT2D eigenvalue weighted by atomic mass is 10.1. The van der Waals surface area contributed by atoms with Gasteiger partial charge in [0.25, 0.3) is 0 Å². The lowest BCUT2D eigenvalue weighted by Crippen LogP contribution is -2.10. The molecule has 0 amide bonds. The highest BCUT2D eigenvalue weighted by atomic mass is 16.3. The van der Waals surface area contributed by atoms with Gasteiger partial charge in [0.1, 0.15) is 16.7 Å². The highest BCUT2D eigenvalue weighted by molar-refractivity contribution is 6.17. The van der Waals surface area contributed by atoms with Crippen molar-refractivity contribution < 1.29 is 8.83 Å². The molecule has 0 unspecified atom stereocenters. The highest BCUT2D eigenvalue weighted by Gasteiger charge is 2.24. The van der Waals surface area contributed by atoms with Crippen LogP contribution in [0.25, 0.3) is 82.5 Å². The fourth-order valence-corrected chi connectivity index (χ4v) is 8.07. The average Bonchev–Trinajstić information content (AvgIpc) is 3.89. The van der Waals surface area contributed by atoms with Gasteiger partial charge in [-0.1, -0.05) is 115 Å². The molecule has 0 fully saturated rings. The first kappa shape index (κ1) is 28.8. The lowest BCUT2D eigenvalue weighted by molar-refractivity contribution is 0.668. The van der Waals surface area contributed by atoms with Crippen molar-refractivity contribution in [3.63, 3.8) is 0 Å². The van der Waals surface area contributed by atoms with Crippen LogP contribution >= 0.6 is 0 Å². The van der Waals surface area contributed by atoms with Crippen molar-refractivity contribution in [2.75, 3.05) is 4.90 Å². The standard InChI is InChI=1S/C48H30N2O2/c1-2-12-31(13-3-1)32-24-26-33(27-25-32)49-40-18-7-4-14-35(40)39-30-34(28-29-41(39)49)50(42-19-11-23-46-47(42)38-16-6-9-22-45(38)51-46)43-20-10-17-37-36-15-5-8-21-44(36)52-48(37)43/h1-30H. The molecule has 52 heavy (non-hydrogen) atoms. The first-order valence-corrected chi connectivity index (χ1v) is 17.6. The molecule has 0 aliphatic heterocycles. The maximum atomic E-state index is 6.68. The van der Waals surface area contributed by atoms with Gasteiger partial charge in [0.2, 0.25) is 0 Å². The molecule has 0 atom stereocenters. The van der Waals surface area contributed by atoms with Crippen LogP contribution in [0.15, 0.2) is 191 Å². The Bertz CT molecular complexity index is 3130. The van der Waals surface area contributed by atoms with E-state index in [1.807, 2.05) is 24.3 Å². The van der Waals surface area contributed by atoms with Gasteiger partial charge in [-0.3, -0.25) is 0 Å². The Morgan fingerprint density at radius 1 is 0.385 bits per heavy atom. The summed E-state index contributed by atoms with van der Waals surface area (Å²) in [7, 11) is 0. The molecule has 4 heteroatoms. The van der Waals surface area contributed by atoms with E-state index in [0.717, 1.165) is 77.7 Å². The number of furan rings is 2. The molecule has 0 bridgehead atoms. The van der Waals surface area contributed by atoms with Gasteiger partial charge in [-0.25, -0.2) is 0 Å². The van der Waals surface area contributed by atoms with Crippen LogP contribution in [0, 0.1) is 0 Å². The zero-order valence-corrected chi connectivity index (χ0v) is 28.0. The number of hydrogen-bond donors (Lipinski definition) is 0. The second kappa shape index (κ2) is 11.2. The molecular formula is C48H30N2O2. The molecule has 244 valence electrons. The van der Waals surface area contributed by atoms with E-state index in [2.05, 4.69) is 167 Å². The molecule has 0 saturated carbocycles. The summed E-state index contributed by atoms with van der Waals surface area (Å²) in [6, 6.07) is 64.2. The maximum absolute atomic E-state index is 6.68. The highest BCUT2D eigenvalue weighted by Crippen LogP contribution is 2.47. The minimum Gasteiger partial charge on any atom is -0.456 e. The van der Waals surface area contributed by atoms with Gasteiger partial charge in [-0.15, -0.1) is 0 Å². The Morgan fingerprint density at radius 3 is 1.85 bits per heavy atom. The van der Waals surface area contributed by atoms with Gasteiger partial charge in [-0.2, -0.15) is 0 Å². The monoisotopic (exact) mass is 666 g/mol. The Balaban J connectivity index is 1.17. The number of nitrogens with zero attached hydrogens (tertiary/aromatic N) is 2. The molecule has 3 heterocycles. The molecule has 0 radical (unpaired) electrons. The van der Waals surface area contributed by atoms with E-state index >= 15 is 0 Å². The fourth-order valence-electron chi connectivity index (χ4n) is 8.07. The minimum atomic E-state index is 0.842. The van der Waals surface area contributed by atoms with Crippen molar-refractivity contribution in [1.29, 1.82) is 0 Å². The van der Waals surface area contributed by atoms with Gasteiger partial charge in [-0.05, 0) is 77.9 Å². The second-order valence-electron chi connectivity index (χ2n) is 13.3. The number of hydrogen-bond acceptors (Lipinski definition) is 3. The predicted octanol–water partition coefficient (Wildman–Crippen LogP) is 13.7. The quantitative estimate of drug-likeness (QED) is 0.183. The number of aromatic nitrogens is 1. The average molecular weight is 667 g/mol. The minimum absolute atomic E-state index is 0.842. The van der Waals surface area contributed by atoms with Crippen LogP contribution in [0.4, 0.5) is 17.1 Å². The number of benzene rings is 8. The van der Waals surface area contributed by atoms with Crippen molar-refractivity contribution in [2.45, 2.75) is 0 Å². The zero-order chi connectivity index (χ0) is 34.2. The van der Waals surface area contributed by atoms with Crippen LogP contribution in [0.1, 0.15) is 0 Å². The molecule has 4 nitrogen and oxygen atoms in total. The smallest absolute Gasteiger partial charge is 0.159 e. The van der Waals surface area contributed by atoms with E-state index in [-0.39, 0.29) is 0 Å². The zero-order valence-electron chi connectivity index (χ0n) is 28.0. The van der Waals surface area contributed by atoms with Crippen LogP contribution in [0.5, 0.6) is 0 Å². The summed E-state index contributed by atoms with van der Waals surface area (Å²) in [6.07, 6.45) is 0. The normalized spacial score (nSPS) is 11.8. The van der Waals surface area contributed by atoms with E-state index in [4.69, 9.17) is 8.83 Å². The van der Waals surface area contributed by atoms with Gasteiger partial charge in [0.05, 0.1) is 27.8 Å². The topological polar surface area (TPSA) is 34.5 Å². The Labute approximate surface area is 299 Å². The maximum Gasteiger partial charge on any atom is 0.159 e. The molecule has 0 N–H and O–H groups in total. The summed E-state index contributed by atoms with van der Waals surface area (Å²) in [6.45, 7) is 0. The summed E-state index contributed by atoms with van der Waals surface area (Å²) in [4.78, 5) is 2.34. The van der Waals surface area contributed by atoms with E-state index in [1.165, 1.54) is 21.9 Å². The van der Waals surface area contributed by atoms with Crippen LogP contribution in [0.2, 0.25) is 0 Å². The summed E-state index contributed by atoms with van der Waals surface area (Å²) in [5.41, 5.74) is 12.3. The molecule has 11 rings (SSSR count). The summed E-state index contributed by atoms with van der Waals surface area (Å²) in [5, 5.41) is 6.69. The van der Waals surface area contributed by atoms with Gasteiger partial charge in [0.15, 0.2) is 5.58 Å². The van der Waals surface area contributed by atoms with Crippen molar-refractivity contribution in [3.05, 3.63) is 182 Å². The SMILES string of the molecule is c1ccc(-c2ccc(-n3c4ccccc4c4cc(N(c5cccc6c5oc5ccccc56)c5cccc6oc7ccccc7c56)ccc43)cc2)cc1. The van der Waals surface area contributed by atoms with E-state index in [0.29, 0.717) is 0 Å². The first-order valence-electron chi connectivity index (χ1n) is 17.6. The molecule has 0 saturated heterocycles. The molecule has 8 aromatic carbocycles. The van der Waals surface area contributed by atoms with Crippen molar-refractivity contribution >= 4 is 82.7 Å². The van der Waals surface area contributed by atoms with E-state index in [1.54, 1.807) is 0 Å². The third-order valence-corrected chi connectivity index (χ3v) is 10.4. The van der Waals surface area contributed by atoms with Gasteiger partial charge >= 0.3 is 0 Å². The largest absolute Gasteiger partial charge is 0.456 e. The molecule has 0 spiro atoms. The summed E-state index contributed by atoms with van der Waals surface area (Å²) >= 11 is 0. The van der Waals surface area contributed by atoms with Gasteiger partial charge < -0.3 is 18.3 Å². The second-order valence-corrected chi connectivity index (χ2v) is 13.3. The van der Waals surface area contributed by atoms with Crippen molar-refractivity contribution in [1.82, 2.24) is 4.57 Å². The van der Waals surface area contributed by atoms with Crippen LogP contribution in [-0.2, 0) is 0 Å². The third kappa shape index (κ3) is 4.28. The number of rotatable bonds is 5. The van der Waals surface area contributed by atoms with Crippen LogP contribution < -0.4 is 4.90 Å². The Hall–Kier alpha value is -7.04. The first-order chi connectivity index (χ1) is 25.8. The molecule has 0 aliphatic carbocycles. The summed E-state index contributed by atoms with van der Waals surface area (Å²) in [5.74, 6) is 0. The fraction of sp³-hybridized carbons (Fsp3) is 0. The summed E-state index contributed by atoms with van der Waals surface area (Å²) < 4.78 is 15.5. The molecule has 3 aromatic heterocycles.